The van der Waals surface area contributed by atoms with Gasteiger partial charge in [-0.3, -0.25) is 0 Å². The van der Waals surface area contributed by atoms with E-state index in [9.17, 15) is 0 Å². The van der Waals surface area contributed by atoms with Crippen LogP contribution in [0.15, 0.2) is 18.2 Å². The zero-order valence-corrected chi connectivity index (χ0v) is 14.0. The van der Waals surface area contributed by atoms with E-state index >= 15 is 0 Å². The third-order valence-electron chi connectivity index (χ3n) is 3.51. The molecule has 0 amide bonds. The number of imidazole rings is 1. The minimum absolute atomic E-state index is 0.114. The van der Waals surface area contributed by atoms with E-state index in [1.165, 1.54) is 0 Å². The molecule has 5 heteroatoms. The average molecular weight is 313 g/mol. The van der Waals surface area contributed by atoms with Gasteiger partial charge in [0.25, 0.3) is 0 Å². The number of benzene rings is 1. The number of ether oxygens (including phenoxy) is 1. The maximum atomic E-state index is 6.30. The number of hydrogen-bond donors (Lipinski definition) is 0. The SMILES string of the molecule is COc1cccc2c1nc(C(C)Cl)n2CCC(C)SC. The maximum Gasteiger partial charge on any atom is 0.146 e. The van der Waals surface area contributed by atoms with Crippen molar-refractivity contribution in [2.24, 2.45) is 0 Å². The number of fused-ring (bicyclic) bond motifs is 1. The maximum absolute atomic E-state index is 6.30. The highest BCUT2D eigenvalue weighted by Crippen LogP contribution is 2.30. The van der Waals surface area contributed by atoms with Crippen LogP contribution in [-0.4, -0.2) is 28.2 Å². The van der Waals surface area contributed by atoms with Crippen LogP contribution in [0, 0.1) is 0 Å². The fourth-order valence-corrected chi connectivity index (χ4v) is 2.78. The van der Waals surface area contributed by atoms with Gasteiger partial charge in [-0.25, -0.2) is 4.98 Å². The van der Waals surface area contributed by atoms with Crippen molar-refractivity contribution < 1.29 is 4.74 Å². The molecule has 110 valence electrons. The molecule has 0 spiro atoms. The lowest BCUT2D eigenvalue weighted by molar-refractivity contribution is 0.419. The van der Waals surface area contributed by atoms with Gasteiger partial charge in [-0.15, -0.1) is 11.6 Å². The molecular formula is C15H21ClN2OS. The highest BCUT2D eigenvalue weighted by molar-refractivity contribution is 7.99. The quantitative estimate of drug-likeness (QED) is 0.736. The van der Waals surface area contributed by atoms with Crippen molar-refractivity contribution in [2.75, 3.05) is 13.4 Å². The number of aromatic nitrogens is 2. The number of rotatable bonds is 6. The predicted molar refractivity (Wildman–Crippen MR) is 88.1 cm³/mol. The van der Waals surface area contributed by atoms with Crippen LogP contribution in [0.1, 0.15) is 31.5 Å². The fraction of sp³-hybridized carbons (Fsp3) is 0.533. The first kappa shape index (κ1) is 15.5. The van der Waals surface area contributed by atoms with E-state index in [2.05, 4.69) is 28.8 Å². The van der Waals surface area contributed by atoms with Gasteiger partial charge in [0, 0.05) is 11.8 Å². The molecule has 0 radical (unpaired) electrons. The van der Waals surface area contributed by atoms with Gasteiger partial charge >= 0.3 is 0 Å². The topological polar surface area (TPSA) is 27.1 Å². The van der Waals surface area contributed by atoms with Crippen LogP contribution in [0.5, 0.6) is 5.75 Å². The molecule has 0 N–H and O–H groups in total. The zero-order valence-electron chi connectivity index (χ0n) is 12.4. The molecule has 0 saturated carbocycles. The molecule has 2 aromatic rings. The monoisotopic (exact) mass is 312 g/mol. The summed E-state index contributed by atoms with van der Waals surface area (Å²) in [6, 6.07) is 6.02. The van der Waals surface area contributed by atoms with Gasteiger partial charge in [0.15, 0.2) is 0 Å². The number of aryl methyl sites for hydroxylation is 1. The Balaban J connectivity index is 2.46. The van der Waals surface area contributed by atoms with Crippen molar-refractivity contribution in [1.82, 2.24) is 9.55 Å². The average Bonchev–Trinajstić information content (AvgIpc) is 2.83. The summed E-state index contributed by atoms with van der Waals surface area (Å²) in [5, 5.41) is 0.508. The Morgan fingerprint density at radius 3 is 2.75 bits per heavy atom. The lowest BCUT2D eigenvalue weighted by atomic mass is 10.2. The summed E-state index contributed by atoms with van der Waals surface area (Å²) in [7, 11) is 1.67. The van der Waals surface area contributed by atoms with E-state index in [1.807, 2.05) is 30.8 Å². The van der Waals surface area contributed by atoms with Gasteiger partial charge in [0.05, 0.1) is 18.0 Å². The molecule has 20 heavy (non-hydrogen) atoms. The summed E-state index contributed by atoms with van der Waals surface area (Å²) in [6.45, 7) is 5.13. The first-order chi connectivity index (χ1) is 9.58. The van der Waals surface area contributed by atoms with Crippen LogP contribution >= 0.6 is 23.4 Å². The summed E-state index contributed by atoms with van der Waals surface area (Å²) in [4.78, 5) is 4.69. The number of thioether (sulfide) groups is 1. The second-order valence-electron chi connectivity index (χ2n) is 4.90. The number of hydrogen-bond acceptors (Lipinski definition) is 3. The largest absolute Gasteiger partial charge is 0.494 e. The highest BCUT2D eigenvalue weighted by Gasteiger charge is 2.17. The molecular weight excluding hydrogens is 292 g/mol. The molecule has 0 aliphatic carbocycles. The highest BCUT2D eigenvalue weighted by atomic mass is 35.5. The fourth-order valence-electron chi connectivity index (χ4n) is 2.27. The summed E-state index contributed by atoms with van der Waals surface area (Å²) in [6.07, 6.45) is 3.24. The number of para-hydroxylation sites is 1. The second kappa shape index (κ2) is 6.72. The van der Waals surface area contributed by atoms with E-state index < -0.39 is 0 Å². The Kier molecular flexibility index (Phi) is 5.22. The normalized spacial score (nSPS) is 14.4. The van der Waals surface area contributed by atoms with Gasteiger partial charge in [0.2, 0.25) is 0 Å². The molecule has 0 aliphatic heterocycles. The van der Waals surface area contributed by atoms with Crippen molar-refractivity contribution in [1.29, 1.82) is 0 Å². The van der Waals surface area contributed by atoms with Crippen molar-refractivity contribution >= 4 is 34.4 Å². The molecule has 0 saturated heterocycles. The Morgan fingerprint density at radius 2 is 2.15 bits per heavy atom. The Hall–Kier alpha value is -0.870. The van der Waals surface area contributed by atoms with Crippen LogP contribution in [0.25, 0.3) is 11.0 Å². The van der Waals surface area contributed by atoms with Gasteiger partial charge < -0.3 is 9.30 Å². The lowest BCUT2D eigenvalue weighted by Crippen LogP contribution is -2.08. The van der Waals surface area contributed by atoms with Gasteiger partial charge in [-0.05, 0) is 31.7 Å². The van der Waals surface area contributed by atoms with Gasteiger partial charge in [0.1, 0.15) is 17.1 Å². The van der Waals surface area contributed by atoms with Crippen molar-refractivity contribution in [3.05, 3.63) is 24.0 Å². The number of halogens is 1. The van der Waals surface area contributed by atoms with E-state index in [1.54, 1.807) is 7.11 Å². The standard InChI is InChI=1S/C15H21ClN2OS/c1-10(20-4)8-9-18-12-6-5-7-13(19-3)14(12)17-15(18)11(2)16/h5-7,10-11H,8-9H2,1-4H3. The molecule has 1 aromatic carbocycles. The van der Waals surface area contributed by atoms with Crippen LogP contribution in [0.2, 0.25) is 0 Å². The van der Waals surface area contributed by atoms with E-state index in [0.29, 0.717) is 5.25 Å². The first-order valence-corrected chi connectivity index (χ1v) is 8.51. The molecule has 2 unspecified atom stereocenters. The minimum Gasteiger partial charge on any atom is -0.494 e. The minimum atomic E-state index is -0.114. The zero-order chi connectivity index (χ0) is 14.7. The molecule has 0 fully saturated rings. The van der Waals surface area contributed by atoms with Crippen molar-refractivity contribution in [2.45, 2.75) is 37.4 Å². The number of methoxy groups -OCH3 is 1. The van der Waals surface area contributed by atoms with Gasteiger partial charge in [-0.2, -0.15) is 11.8 Å². The molecule has 3 nitrogen and oxygen atoms in total. The van der Waals surface area contributed by atoms with E-state index in [-0.39, 0.29) is 5.38 Å². The van der Waals surface area contributed by atoms with Crippen molar-refractivity contribution in [3.8, 4) is 5.75 Å². The third kappa shape index (κ3) is 3.07. The molecule has 0 bridgehead atoms. The Morgan fingerprint density at radius 1 is 1.40 bits per heavy atom. The molecule has 1 aromatic heterocycles. The number of alkyl halides is 1. The van der Waals surface area contributed by atoms with Crippen molar-refractivity contribution in [3.63, 3.8) is 0 Å². The van der Waals surface area contributed by atoms with Crippen LogP contribution in [0.4, 0.5) is 0 Å². The Bertz CT molecular complexity index is 583. The van der Waals surface area contributed by atoms with E-state index in [4.69, 9.17) is 16.3 Å². The summed E-state index contributed by atoms with van der Waals surface area (Å²) >= 11 is 8.18. The molecule has 2 rings (SSSR count). The van der Waals surface area contributed by atoms with Crippen LogP contribution < -0.4 is 4.74 Å². The van der Waals surface area contributed by atoms with E-state index in [0.717, 1.165) is 35.6 Å². The summed E-state index contributed by atoms with van der Waals surface area (Å²) in [5.74, 6) is 1.72. The summed E-state index contributed by atoms with van der Waals surface area (Å²) in [5.41, 5.74) is 1.99. The third-order valence-corrected chi connectivity index (χ3v) is 4.74. The van der Waals surface area contributed by atoms with Crippen LogP contribution in [-0.2, 0) is 6.54 Å². The molecule has 0 aliphatic rings. The smallest absolute Gasteiger partial charge is 0.146 e. The van der Waals surface area contributed by atoms with Crippen LogP contribution in [0.3, 0.4) is 0 Å². The molecule has 1 heterocycles. The number of nitrogens with zero attached hydrogens (tertiary/aromatic N) is 2. The second-order valence-corrected chi connectivity index (χ2v) is 6.83. The summed E-state index contributed by atoms with van der Waals surface area (Å²) < 4.78 is 7.62. The lowest BCUT2D eigenvalue weighted by Gasteiger charge is -2.13. The van der Waals surface area contributed by atoms with Gasteiger partial charge in [-0.1, -0.05) is 13.0 Å². The predicted octanol–water partition coefficient (Wildman–Crippen LogP) is 4.49. The Labute approximate surface area is 129 Å². The molecule has 2 atom stereocenters. The first-order valence-electron chi connectivity index (χ1n) is 6.78.